The SMILES string of the molecule is CC(=O)c1ccc(Cl)cc1N1CCN(C(Cc2ccccc2)C(=O)O)OC1. The van der Waals surface area contributed by atoms with Crippen LogP contribution in [0.15, 0.2) is 48.5 Å². The van der Waals surface area contributed by atoms with E-state index in [4.69, 9.17) is 16.4 Å². The van der Waals surface area contributed by atoms with Crippen LogP contribution in [0, 0.1) is 0 Å². The Morgan fingerprint density at radius 3 is 2.52 bits per heavy atom. The maximum atomic E-state index is 11.9. The number of ketones is 1. The highest BCUT2D eigenvalue weighted by Crippen LogP contribution is 2.27. The summed E-state index contributed by atoms with van der Waals surface area (Å²) in [4.78, 5) is 31.3. The Hall–Kier alpha value is -2.41. The van der Waals surface area contributed by atoms with Crippen molar-refractivity contribution in [3.8, 4) is 0 Å². The second-order valence-corrected chi connectivity index (χ2v) is 6.86. The smallest absolute Gasteiger partial charge is 0.323 e. The topological polar surface area (TPSA) is 70.1 Å². The fourth-order valence-electron chi connectivity index (χ4n) is 3.14. The van der Waals surface area contributed by atoms with Crippen LogP contribution in [0.1, 0.15) is 22.8 Å². The summed E-state index contributed by atoms with van der Waals surface area (Å²) in [7, 11) is 0. The van der Waals surface area contributed by atoms with Crippen LogP contribution in [0.2, 0.25) is 5.02 Å². The molecule has 1 unspecified atom stereocenters. The average molecular weight is 389 g/mol. The maximum absolute atomic E-state index is 11.9. The predicted molar refractivity (Wildman–Crippen MR) is 103 cm³/mol. The number of benzene rings is 2. The molecule has 0 radical (unpaired) electrons. The summed E-state index contributed by atoms with van der Waals surface area (Å²) in [5.74, 6) is -0.990. The second kappa shape index (κ2) is 8.52. The summed E-state index contributed by atoms with van der Waals surface area (Å²) < 4.78 is 0. The third-order valence-corrected chi connectivity index (χ3v) is 4.79. The molecule has 0 aliphatic carbocycles. The number of anilines is 1. The molecule has 1 aliphatic rings. The molecule has 7 heteroatoms. The van der Waals surface area contributed by atoms with Gasteiger partial charge in [0.05, 0.1) is 5.69 Å². The lowest BCUT2D eigenvalue weighted by molar-refractivity contribution is -0.209. The van der Waals surface area contributed by atoms with Gasteiger partial charge in [0, 0.05) is 30.1 Å². The van der Waals surface area contributed by atoms with Crippen LogP contribution in [0.5, 0.6) is 0 Å². The van der Waals surface area contributed by atoms with Crippen molar-refractivity contribution in [3.63, 3.8) is 0 Å². The maximum Gasteiger partial charge on any atom is 0.323 e. The van der Waals surface area contributed by atoms with Gasteiger partial charge in [-0.25, -0.2) is 0 Å². The van der Waals surface area contributed by atoms with Gasteiger partial charge in [-0.15, -0.1) is 0 Å². The van der Waals surface area contributed by atoms with Gasteiger partial charge < -0.3 is 10.0 Å². The first-order valence-electron chi connectivity index (χ1n) is 8.67. The Balaban J connectivity index is 1.71. The van der Waals surface area contributed by atoms with E-state index in [0.29, 0.717) is 35.8 Å². The van der Waals surface area contributed by atoms with E-state index >= 15 is 0 Å². The van der Waals surface area contributed by atoms with Crippen molar-refractivity contribution >= 4 is 29.0 Å². The van der Waals surface area contributed by atoms with Gasteiger partial charge >= 0.3 is 5.97 Å². The third kappa shape index (κ3) is 4.66. The van der Waals surface area contributed by atoms with E-state index in [1.54, 1.807) is 18.2 Å². The van der Waals surface area contributed by atoms with Gasteiger partial charge in [0.2, 0.25) is 0 Å². The van der Waals surface area contributed by atoms with Crippen molar-refractivity contribution in [1.82, 2.24) is 5.06 Å². The zero-order chi connectivity index (χ0) is 19.4. The molecule has 1 N–H and O–H groups in total. The highest BCUT2D eigenvalue weighted by Gasteiger charge is 2.31. The molecule has 27 heavy (non-hydrogen) atoms. The molecule has 1 aliphatic heterocycles. The van der Waals surface area contributed by atoms with Crippen LogP contribution >= 0.6 is 11.6 Å². The molecule has 0 spiro atoms. The minimum Gasteiger partial charge on any atom is -0.480 e. The van der Waals surface area contributed by atoms with E-state index in [-0.39, 0.29) is 12.5 Å². The van der Waals surface area contributed by atoms with Crippen molar-refractivity contribution in [2.75, 3.05) is 24.7 Å². The lowest BCUT2D eigenvalue weighted by Crippen LogP contribution is -2.52. The zero-order valence-corrected chi connectivity index (χ0v) is 15.7. The monoisotopic (exact) mass is 388 g/mol. The highest BCUT2D eigenvalue weighted by molar-refractivity contribution is 6.31. The normalized spacial score (nSPS) is 16.1. The van der Waals surface area contributed by atoms with E-state index in [2.05, 4.69) is 0 Å². The summed E-state index contributed by atoms with van der Waals surface area (Å²) >= 11 is 6.08. The Morgan fingerprint density at radius 1 is 1.19 bits per heavy atom. The van der Waals surface area contributed by atoms with Crippen LogP contribution in [0.3, 0.4) is 0 Å². The summed E-state index contributed by atoms with van der Waals surface area (Å²) in [5.41, 5.74) is 2.20. The first kappa shape index (κ1) is 19.4. The number of hydrogen-bond donors (Lipinski definition) is 1. The molecule has 2 aromatic rings. The number of hydroxylamine groups is 2. The Morgan fingerprint density at radius 2 is 1.93 bits per heavy atom. The van der Waals surface area contributed by atoms with Gasteiger partial charge in [0.25, 0.3) is 0 Å². The molecular weight excluding hydrogens is 368 g/mol. The van der Waals surface area contributed by atoms with Crippen LogP contribution in [-0.4, -0.2) is 47.8 Å². The van der Waals surface area contributed by atoms with E-state index in [0.717, 1.165) is 5.56 Å². The third-order valence-electron chi connectivity index (χ3n) is 4.55. The summed E-state index contributed by atoms with van der Waals surface area (Å²) in [6, 6.07) is 13.8. The molecule has 1 atom stereocenters. The zero-order valence-electron chi connectivity index (χ0n) is 15.0. The van der Waals surface area contributed by atoms with Crippen LogP contribution < -0.4 is 4.90 Å². The minimum atomic E-state index is -0.931. The number of carbonyl (C=O) groups excluding carboxylic acids is 1. The standard InChI is InChI=1S/C20H21ClN2O4/c1-14(24)17-8-7-16(21)12-18(17)22-9-10-23(27-13-22)19(20(25)26)11-15-5-3-2-4-6-15/h2-8,12,19H,9-11,13H2,1H3,(H,25,26). The first-order chi connectivity index (χ1) is 13.0. The molecule has 1 heterocycles. The predicted octanol–water partition coefficient (Wildman–Crippen LogP) is 3.25. The lowest BCUT2D eigenvalue weighted by Gasteiger charge is -2.38. The molecule has 3 rings (SSSR count). The summed E-state index contributed by atoms with van der Waals surface area (Å²) in [6.07, 6.45) is 0.353. The average Bonchev–Trinajstić information content (AvgIpc) is 2.66. The van der Waals surface area contributed by atoms with Crippen molar-refractivity contribution in [1.29, 1.82) is 0 Å². The first-order valence-corrected chi connectivity index (χ1v) is 9.05. The molecule has 0 aromatic heterocycles. The number of carboxylic acids is 1. The van der Waals surface area contributed by atoms with E-state index < -0.39 is 12.0 Å². The van der Waals surface area contributed by atoms with Crippen LogP contribution in [0.25, 0.3) is 0 Å². The second-order valence-electron chi connectivity index (χ2n) is 6.42. The Bertz CT molecular complexity index is 820. The molecule has 6 nitrogen and oxygen atoms in total. The number of rotatable bonds is 6. The Labute approximate surface area is 162 Å². The van der Waals surface area contributed by atoms with E-state index in [9.17, 15) is 14.7 Å². The van der Waals surface area contributed by atoms with Crippen molar-refractivity contribution in [2.24, 2.45) is 0 Å². The van der Waals surface area contributed by atoms with Gasteiger partial charge in [-0.1, -0.05) is 41.9 Å². The number of carboxylic acid groups (broad SMARTS) is 1. The number of halogens is 1. The Kier molecular flexibility index (Phi) is 6.11. The van der Waals surface area contributed by atoms with Gasteiger partial charge in [-0.2, -0.15) is 5.06 Å². The quantitative estimate of drug-likeness (QED) is 0.766. The highest BCUT2D eigenvalue weighted by atomic mass is 35.5. The number of hydrogen-bond acceptors (Lipinski definition) is 5. The number of Topliss-reactive ketones (excluding diaryl/α,β-unsaturated/α-hetero) is 1. The fraction of sp³-hybridized carbons (Fsp3) is 0.300. The van der Waals surface area contributed by atoms with Crippen LogP contribution in [0.4, 0.5) is 5.69 Å². The molecule has 2 aromatic carbocycles. The molecule has 0 saturated carbocycles. The van der Waals surface area contributed by atoms with Gasteiger partial charge in [-0.3, -0.25) is 14.4 Å². The largest absolute Gasteiger partial charge is 0.480 e. The molecule has 0 amide bonds. The molecule has 1 fully saturated rings. The van der Waals surface area contributed by atoms with Crippen molar-refractivity contribution < 1.29 is 19.5 Å². The lowest BCUT2D eigenvalue weighted by atomic mass is 10.1. The van der Waals surface area contributed by atoms with Crippen molar-refractivity contribution in [3.05, 3.63) is 64.7 Å². The summed E-state index contributed by atoms with van der Waals surface area (Å²) in [6.45, 7) is 2.58. The number of aliphatic carboxylic acids is 1. The molecule has 142 valence electrons. The number of nitrogens with zero attached hydrogens (tertiary/aromatic N) is 2. The van der Waals surface area contributed by atoms with Gasteiger partial charge in [0.1, 0.15) is 12.8 Å². The molecule has 1 saturated heterocycles. The van der Waals surface area contributed by atoms with E-state index in [1.165, 1.54) is 12.0 Å². The molecular formula is C20H21ClN2O4. The molecule has 0 bridgehead atoms. The van der Waals surface area contributed by atoms with Crippen LogP contribution in [-0.2, 0) is 16.1 Å². The van der Waals surface area contributed by atoms with E-state index in [1.807, 2.05) is 35.2 Å². The van der Waals surface area contributed by atoms with Gasteiger partial charge in [-0.05, 0) is 30.7 Å². The van der Waals surface area contributed by atoms with Gasteiger partial charge in [0.15, 0.2) is 5.78 Å². The fourth-order valence-corrected chi connectivity index (χ4v) is 3.31. The van der Waals surface area contributed by atoms with Crippen molar-refractivity contribution in [2.45, 2.75) is 19.4 Å². The minimum absolute atomic E-state index is 0.0587. The number of carbonyl (C=O) groups is 2. The summed E-state index contributed by atoms with van der Waals surface area (Å²) in [5, 5.41) is 11.7.